The Balaban J connectivity index is 2.10. The van der Waals surface area contributed by atoms with Crippen LogP contribution in [0.15, 0.2) is 48.5 Å². The molecule has 0 spiro atoms. The van der Waals surface area contributed by atoms with Crippen LogP contribution in [0.3, 0.4) is 0 Å². The lowest BCUT2D eigenvalue weighted by Crippen LogP contribution is -2.29. The van der Waals surface area contributed by atoms with Crippen LogP contribution in [0.1, 0.15) is 11.1 Å². The van der Waals surface area contributed by atoms with Crippen molar-refractivity contribution in [1.82, 2.24) is 0 Å². The second-order valence-electron chi connectivity index (χ2n) is 4.81. The molecule has 0 saturated heterocycles. The maximum atomic E-state index is 11.4. The molecule has 0 saturated carbocycles. The minimum Gasteiger partial charge on any atom is -0.497 e. The standard InChI is InChI=1S/C17H18O4/c1-12-4-3-5-15(10-12)21-16(17(18)19)11-13-6-8-14(20-2)9-7-13/h3-10,16H,11H2,1-2H3,(H,18,19)/t16-/m1/s1. The number of rotatable bonds is 6. The number of benzene rings is 2. The number of aliphatic carboxylic acids is 1. The molecule has 1 N–H and O–H groups in total. The molecule has 0 aliphatic heterocycles. The SMILES string of the molecule is COc1ccc(C[C@@H](Oc2cccc(C)c2)C(=O)O)cc1. The van der Waals surface area contributed by atoms with Gasteiger partial charge in [0, 0.05) is 6.42 Å². The van der Waals surface area contributed by atoms with Gasteiger partial charge in [-0.05, 0) is 42.3 Å². The van der Waals surface area contributed by atoms with Crippen LogP contribution in [-0.2, 0) is 11.2 Å². The van der Waals surface area contributed by atoms with E-state index in [-0.39, 0.29) is 0 Å². The van der Waals surface area contributed by atoms with Gasteiger partial charge in [-0.2, -0.15) is 0 Å². The first-order chi connectivity index (χ1) is 10.1. The molecule has 21 heavy (non-hydrogen) atoms. The summed E-state index contributed by atoms with van der Waals surface area (Å²) < 4.78 is 10.7. The van der Waals surface area contributed by atoms with Crippen molar-refractivity contribution in [3.05, 3.63) is 59.7 Å². The lowest BCUT2D eigenvalue weighted by atomic mass is 10.1. The van der Waals surface area contributed by atoms with Crippen molar-refractivity contribution in [2.75, 3.05) is 7.11 Å². The smallest absolute Gasteiger partial charge is 0.345 e. The van der Waals surface area contributed by atoms with E-state index < -0.39 is 12.1 Å². The minimum atomic E-state index is -0.979. The van der Waals surface area contributed by atoms with Gasteiger partial charge in [0.15, 0.2) is 6.10 Å². The van der Waals surface area contributed by atoms with Crippen LogP contribution in [0.5, 0.6) is 11.5 Å². The van der Waals surface area contributed by atoms with Crippen LogP contribution in [-0.4, -0.2) is 24.3 Å². The summed E-state index contributed by atoms with van der Waals surface area (Å²) in [5.41, 5.74) is 1.91. The summed E-state index contributed by atoms with van der Waals surface area (Å²) in [6.45, 7) is 1.94. The van der Waals surface area contributed by atoms with Crippen LogP contribution in [0, 0.1) is 6.92 Å². The third-order valence-electron chi connectivity index (χ3n) is 3.12. The third-order valence-corrected chi connectivity index (χ3v) is 3.12. The normalized spacial score (nSPS) is 11.7. The van der Waals surface area contributed by atoms with Crippen molar-refractivity contribution in [2.45, 2.75) is 19.4 Å². The molecule has 0 aliphatic rings. The number of carbonyl (C=O) groups is 1. The number of aryl methyl sites for hydroxylation is 1. The van der Waals surface area contributed by atoms with Crippen LogP contribution in [0.4, 0.5) is 0 Å². The van der Waals surface area contributed by atoms with E-state index in [2.05, 4.69) is 0 Å². The van der Waals surface area contributed by atoms with Crippen molar-refractivity contribution in [3.63, 3.8) is 0 Å². The predicted molar refractivity (Wildman–Crippen MR) is 79.9 cm³/mol. The first-order valence-corrected chi connectivity index (χ1v) is 6.67. The van der Waals surface area contributed by atoms with Gasteiger partial charge in [-0.1, -0.05) is 24.3 Å². The summed E-state index contributed by atoms with van der Waals surface area (Å²) in [5.74, 6) is 0.327. The number of hydrogen-bond donors (Lipinski definition) is 1. The Labute approximate surface area is 123 Å². The highest BCUT2D eigenvalue weighted by Gasteiger charge is 2.20. The zero-order valence-corrected chi connectivity index (χ0v) is 12.1. The predicted octanol–water partition coefficient (Wildman–Crippen LogP) is 3.08. The molecule has 0 bridgehead atoms. The van der Waals surface area contributed by atoms with E-state index in [1.54, 1.807) is 25.3 Å². The van der Waals surface area contributed by atoms with E-state index in [1.165, 1.54) is 0 Å². The number of ether oxygens (including phenoxy) is 2. The molecule has 4 heteroatoms. The summed E-state index contributed by atoms with van der Waals surface area (Å²) in [5, 5.41) is 9.32. The van der Waals surface area contributed by atoms with E-state index in [1.807, 2.05) is 37.3 Å². The fourth-order valence-electron chi connectivity index (χ4n) is 2.01. The summed E-state index contributed by atoms with van der Waals surface area (Å²) in [4.78, 5) is 11.4. The van der Waals surface area contributed by atoms with Gasteiger partial charge < -0.3 is 14.6 Å². The Morgan fingerprint density at radius 2 is 1.86 bits per heavy atom. The van der Waals surface area contributed by atoms with Gasteiger partial charge in [0.2, 0.25) is 0 Å². The van der Waals surface area contributed by atoms with Crippen molar-refractivity contribution in [2.24, 2.45) is 0 Å². The Morgan fingerprint density at radius 1 is 1.14 bits per heavy atom. The molecule has 0 aliphatic carbocycles. The maximum Gasteiger partial charge on any atom is 0.345 e. The van der Waals surface area contributed by atoms with Gasteiger partial charge in [0.1, 0.15) is 11.5 Å². The molecule has 0 heterocycles. The molecule has 0 fully saturated rings. The van der Waals surface area contributed by atoms with Crippen molar-refractivity contribution < 1.29 is 19.4 Å². The molecule has 0 amide bonds. The molecular formula is C17H18O4. The molecule has 2 aromatic rings. The Morgan fingerprint density at radius 3 is 2.43 bits per heavy atom. The number of carboxylic acid groups (broad SMARTS) is 1. The molecule has 1 atom stereocenters. The number of carboxylic acids is 1. The summed E-state index contributed by atoms with van der Waals surface area (Å²) >= 11 is 0. The Kier molecular flexibility index (Phi) is 4.82. The molecule has 0 unspecified atom stereocenters. The van der Waals surface area contributed by atoms with Gasteiger partial charge in [0.25, 0.3) is 0 Å². The first-order valence-electron chi connectivity index (χ1n) is 6.67. The number of hydrogen-bond acceptors (Lipinski definition) is 3. The molecule has 2 rings (SSSR count). The van der Waals surface area contributed by atoms with Crippen molar-refractivity contribution in [1.29, 1.82) is 0 Å². The Bertz CT molecular complexity index is 604. The highest BCUT2D eigenvalue weighted by molar-refractivity contribution is 5.73. The second-order valence-corrected chi connectivity index (χ2v) is 4.81. The zero-order valence-electron chi connectivity index (χ0n) is 12.1. The molecule has 0 radical (unpaired) electrons. The van der Waals surface area contributed by atoms with Crippen molar-refractivity contribution >= 4 is 5.97 Å². The van der Waals surface area contributed by atoms with Crippen LogP contribution >= 0.6 is 0 Å². The highest BCUT2D eigenvalue weighted by atomic mass is 16.5. The average Bonchev–Trinajstić information content (AvgIpc) is 2.47. The third kappa shape index (κ3) is 4.24. The summed E-state index contributed by atoms with van der Waals surface area (Å²) in [6.07, 6.45) is -0.618. The summed E-state index contributed by atoms with van der Waals surface area (Å²) in [6, 6.07) is 14.7. The van der Waals surface area contributed by atoms with Gasteiger partial charge in [-0.15, -0.1) is 0 Å². The fraction of sp³-hybridized carbons (Fsp3) is 0.235. The monoisotopic (exact) mass is 286 g/mol. The second kappa shape index (κ2) is 6.79. The minimum absolute atomic E-state index is 0.299. The zero-order chi connectivity index (χ0) is 15.2. The molecule has 4 nitrogen and oxygen atoms in total. The Hall–Kier alpha value is -2.49. The largest absolute Gasteiger partial charge is 0.497 e. The van der Waals surface area contributed by atoms with E-state index >= 15 is 0 Å². The van der Waals surface area contributed by atoms with E-state index in [4.69, 9.17) is 9.47 Å². The molecule has 0 aromatic heterocycles. The van der Waals surface area contributed by atoms with Gasteiger partial charge >= 0.3 is 5.97 Å². The molecule has 2 aromatic carbocycles. The fourth-order valence-corrected chi connectivity index (χ4v) is 2.01. The quantitative estimate of drug-likeness (QED) is 0.886. The van der Waals surface area contributed by atoms with Gasteiger partial charge in [0.05, 0.1) is 7.11 Å². The van der Waals surface area contributed by atoms with Crippen molar-refractivity contribution in [3.8, 4) is 11.5 Å². The first kappa shape index (κ1) is 14.9. The lowest BCUT2D eigenvalue weighted by Gasteiger charge is -2.15. The molecular weight excluding hydrogens is 268 g/mol. The highest BCUT2D eigenvalue weighted by Crippen LogP contribution is 2.18. The average molecular weight is 286 g/mol. The van der Waals surface area contributed by atoms with E-state index in [0.29, 0.717) is 12.2 Å². The lowest BCUT2D eigenvalue weighted by molar-refractivity contribution is -0.145. The maximum absolute atomic E-state index is 11.4. The van der Waals surface area contributed by atoms with E-state index in [0.717, 1.165) is 16.9 Å². The number of methoxy groups -OCH3 is 1. The van der Waals surface area contributed by atoms with Gasteiger partial charge in [-0.3, -0.25) is 0 Å². The van der Waals surface area contributed by atoms with Crippen LogP contribution in [0.25, 0.3) is 0 Å². The topological polar surface area (TPSA) is 55.8 Å². The van der Waals surface area contributed by atoms with Crippen LogP contribution < -0.4 is 9.47 Å². The summed E-state index contributed by atoms with van der Waals surface area (Å²) in [7, 11) is 1.59. The van der Waals surface area contributed by atoms with E-state index in [9.17, 15) is 9.90 Å². The van der Waals surface area contributed by atoms with Gasteiger partial charge in [-0.25, -0.2) is 4.79 Å². The molecule has 110 valence electrons. The van der Waals surface area contributed by atoms with Crippen LogP contribution in [0.2, 0.25) is 0 Å².